The Morgan fingerprint density at radius 3 is 2.07 bits per heavy atom. The van der Waals surface area contributed by atoms with Gasteiger partial charge in [0, 0.05) is 86.9 Å². The molecule has 97 heavy (non-hydrogen) atoms. The number of benzene rings is 3. The first-order valence-corrected chi connectivity index (χ1v) is 33.7. The molecular formula is C63H87N11O21S2. The van der Waals surface area contributed by atoms with Gasteiger partial charge in [-0.05, 0) is 93.2 Å². The van der Waals surface area contributed by atoms with E-state index in [0.717, 1.165) is 91.9 Å². The summed E-state index contributed by atoms with van der Waals surface area (Å²) in [6.45, 7) is 4.41. The van der Waals surface area contributed by atoms with Crippen molar-refractivity contribution in [2.45, 2.75) is 164 Å². The van der Waals surface area contributed by atoms with E-state index in [2.05, 4.69) is 75.4 Å². The van der Waals surface area contributed by atoms with Crippen molar-refractivity contribution in [3.63, 3.8) is 0 Å². The first-order chi connectivity index (χ1) is 46.5. The predicted molar refractivity (Wildman–Crippen MR) is 348 cm³/mol. The minimum Gasteiger partial charge on any atom is -0.504 e. The van der Waals surface area contributed by atoms with Crippen LogP contribution in [-0.4, -0.2) is 257 Å². The molecule has 4 fully saturated rings. The van der Waals surface area contributed by atoms with Crippen molar-refractivity contribution in [1.29, 1.82) is 0 Å². The summed E-state index contributed by atoms with van der Waals surface area (Å²) >= 11 is 1.39. The van der Waals surface area contributed by atoms with E-state index in [9.17, 15) is 79.5 Å². The van der Waals surface area contributed by atoms with Crippen molar-refractivity contribution in [1.82, 2.24) is 51.9 Å². The molecule has 8 rings (SSSR count). The molecule has 0 spiro atoms. The Morgan fingerprint density at radius 2 is 1.42 bits per heavy atom. The molecule has 34 heteroatoms. The number of hydrogen-bond acceptors (Lipinski definition) is 27. The van der Waals surface area contributed by atoms with Gasteiger partial charge in [-0.1, -0.05) is 65.6 Å². The number of phenols is 1. The highest BCUT2D eigenvalue weighted by atomic mass is 32.2. The molecule has 5 heterocycles. The van der Waals surface area contributed by atoms with Gasteiger partial charge in [0.1, 0.15) is 46.3 Å². The SMILES string of the molecule is CCCCCOC1CCN(c2ccc(-c3nnc(-c4ccc(C(=O)N[C@H]5C[C@@H](O)CNC(=O)[C@@H]6[C@@H](O)[C@@H](C)CN6C(=O)[C@H]([C@H](O)CCNC(CO)CO)NC(=O)[C@H]([C@H](O)Cc6ccc(O)c(OSOOO)c6)NC(=O)[C@@H]6C[C@@H](O)CN6C(=O)[C@H]([C@@H](C)O)NC5=O)cc4)s3)cc2)CC1. The lowest BCUT2D eigenvalue weighted by molar-refractivity contribution is -0.433. The van der Waals surface area contributed by atoms with E-state index in [0.29, 0.717) is 15.6 Å². The number of piperidine rings is 1. The Hall–Kier alpha value is -7.26. The van der Waals surface area contributed by atoms with Crippen molar-refractivity contribution in [2.24, 2.45) is 5.92 Å². The molecule has 0 saturated carbocycles. The number of carbonyl (C=O) groups excluding carboxylic acids is 7. The fourth-order valence-electron chi connectivity index (χ4n) is 12.0. The molecule has 0 unspecified atom stereocenters. The minimum absolute atomic E-state index is 0.0164. The van der Waals surface area contributed by atoms with Crippen LogP contribution in [0.3, 0.4) is 0 Å². The fourth-order valence-corrected chi connectivity index (χ4v) is 13.2. The topological polar surface area (TPSA) is 466 Å². The van der Waals surface area contributed by atoms with E-state index in [4.69, 9.17) is 14.2 Å². The van der Waals surface area contributed by atoms with Crippen LogP contribution < -0.4 is 41.0 Å². The quantitative estimate of drug-likeness (QED) is 0.0154. The van der Waals surface area contributed by atoms with Gasteiger partial charge in [-0.3, -0.25) is 33.6 Å². The molecule has 16 N–H and O–H groups in total. The molecule has 4 aromatic rings. The number of aliphatic hydroxyl groups is 8. The monoisotopic (exact) mass is 1400 g/mol. The Labute approximate surface area is 567 Å². The van der Waals surface area contributed by atoms with Crippen LogP contribution in [0.2, 0.25) is 0 Å². The van der Waals surface area contributed by atoms with E-state index < -0.39 is 184 Å². The van der Waals surface area contributed by atoms with Gasteiger partial charge in [0.15, 0.2) is 11.5 Å². The van der Waals surface area contributed by atoms with Gasteiger partial charge < -0.3 is 101 Å². The van der Waals surface area contributed by atoms with Crippen LogP contribution in [0.1, 0.15) is 88.1 Å². The Morgan fingerprint density at radius 1 is 0.773 bits per heavy atom. The average Bonchev–Trinajstić information content (AvgIpc) is 1.67. The third kappa shape index (κ3) is 20.0. The number of aromatic hydroxyl groups is 1. The van der Waals surface area contributed by atoms with E-state index in [1.165, 1.54) is 36.5 Å². The first kappa shape index (κ1) is 75.5. The summed E-state index contributed by atoms with van der Waals surface area (Å²) in [6.07, 6.45) is -7.13. The highest BCUT2D eigenvalue weighted by Crippen LogP contribution is 2.34. The second-order valence-corrected chi connectivity index (χ2v) is 26.1. The van der Waals surface area contributed by atoms with Crippen LogP contribution in [0.4, 0.5) is 5.69 Å². The normalized spacial score (nSPS) is 25.3. The maximum absolute atomic E-state index is 15.0. The van der Waals surface area contributed by atoms with Gasteiger partial charge in [0.05, 0.1) is 62.0 Å². The number of rotatable bonds is 25. The first-order valence-electron chi connectivity index (χ1n) is 32.2. The molecule has 32 nitrogen and oxygen atoms in total. The average molecular weight is 1400 g/mol. The number of nitrogens with one attached hydrogen (secondary N) is 6. The second kappa shape index (κ2) is 36.0. The van der Waals surface area contributed by atoms with Gasteiger partial charge in [-0.25, -0.2) is 5.26 Å². The lowest BCUT2D eigenvalue weighted by Crippen LogP contribution is -2.64. The number of aromatic nitrogens is 2. The van der Waals surface area contributed by atoms with Crippen LogP contribution in [0.5, 0.6) is 11.5 Å². The summed E-state index contributed by atoms with van der Waals surface area (Å²) in [4.78, 5) is 106. The van der Waals surface area contributed by atoms with Crippen molar-refractivity contribution in [3.8, 4) is 32.6 Å². The van der Waals surface area contributed by atoms with Crippen LogP contribution in [-0.2, 0) is 49.3 Å². The van der Waals surface area contributed by atoms with Crippen LogP contribution in [0.15, 0.2) is 66.7 Å². The minimum atomic E-state index is -2.16. The lowest BCUT2D eigenvalue weighted by Gasteiger charge is -2.34. The zero-order valence-electron chi connectivity index (χ0n) is 53.8. The summed E-state index contributed by atoms with van der Waals surface area (Å²) in [6, 6.07) is 5.45. The fraction of sp³-hybridized carbons (Fsp3) is 0.571. The van der Waals surface area contributed by atoms with Crippen molar-refractivity contribution in [2.75, 3.05) is 64.0 Å². The van der Waals surface area contributed by atoms with E-state index in [-0.39, 0.29) is 48.4 Å². The van der Waals surface area contributed by atoms with Crippen molar-refractivity contribution in [3.05, 3.63) is 77.9 Å². The molecule has 532 valence electrons. The summed E-state index contributed by atoms with van der Waals surface area (Å²) in [5.41, 5.74) is 2.66. The molecule has 4 saturated heterocycles. The van der Waals surface area contributed by atoms with Gasteiger partial charge in [0.25, 0.3) is 18.2 Å². The molecule has 0 aliphatic carbocycles. The molecule has 7 amide bonds. The third-order valence-corrected chi connectivity index (χ3v) is 18.9. The second-order valence-electron chi connectivity index (χ2n) is 24.7. The van der Waals surface area contributed by atoms with E-state index in [1.807, 2.05) is 12.1 Å². The number of fused-ring (bicyclic) bond motifs is 2. The highest BCUT2D eigenvalue weighted by Gasteiger charge is 2.50. The van der Waals surface area contributed by atoms with Crippen molar-refractivity contribution >= 4 is 70.7 Å². The molecule has 0 radical (unpaired) electrons. The number of amides is 7. The van der Waals surface area contributed by atoms with E-state index in [1.54, 1.807) is 12.1 Å². The molecule has 0 bridgehead atoms. The number of phenolic OH excluding ortho intramolecular Hbond substituents is 1. The maximum atomic E-state index is 15.0. The number of β-amino-alcohol motifs (C(OH)–C–C–N with tert-alkyl or cyclic N) is 1. The number of unbranched alkanes of at least 4 members (excludes halogenated alkanes) is 2. The number of ether oxygens (including phenoxy) is 1. The Balaban J connectivity index is 1.05. The van der Waals surface area contributed by atoms with Crippen LogP contribution >= 0.6 is 23.7 Å². The molecular weight excluding hydrogens is 1310 g/mol. The van der Waals surface area contributed by atoms with Gasteiger partial charge in [-0.15, -0.1) is 10.2 Å². The Bertz CT molecular complexity index is 3270. The zero-order valence-corrected chi connectivity index (χ0v) is 55.4. The van der Waals surface area contributed by atoms with E-state index >= 15 is 0 Å². The standard InChI is InChI=1S/C63H87N11O21S2/c1-4-5-6-23-92-43-18-21-72(22-19-43)40-14-12-38(13-15-40)61-71-70-60(96-61)37-10-8-36(9-11-37)55(84)66-44-26-41(78)28-65-59(88)53-54(83)33(2)29-74(53)63(90)52(47(81)17-20-64-39(31-75)32-76)69-58(87)51(48(82)24-35-7-16-46(80)49(25-35)93-97-95-94-91)68-57(86)45-27-42(79)30-73(45)62(89)50(34(3)77)67-56(44)85/h7-16,25,33-34,39,41-45,47-48,50-54,64,75-83,91H,4-6,17-24,26-32H2,1-3H3,(H,65,88)(H,66,84)(H,67,85)(H,68,86)(H,69,87)/t33-,34+,41+,42+,44-,45-,47+,48+,50-,51-,52-,53-,54-/m0/s1. The number of hydrogen-bond donors (Lipinski definition) is 16. The van der Waals surface area contributed by atoms with Gasteiger partial charge in [0.2, 0.25) is 35.4 Å². The summed E-state index contributed by atoms with van der Waals surface area (Å²) < 4.78 is 15.5. The van der Waals surface area contributed by atoms with Crippen LogP contribution in [0, 0.1) is 5.92 Å². The largest absolute Gasteiger partial charge is 0.504 e. The Kier molecular flexibility index (Phi) is 28.0. The molecule has 1 aromatic heterocycles. The molecule has 13 atom stereocenters. The summed E-state index contributed by atoms with van der Waals surface area (Å²) in [7, 11) is 0. The number of aliphatic hydroxyl groups excluding tert-OH is 8. The molecule has 4 aliphatic rings. The summed E-state index contributed by atoms with van der Waals surface area (Å²) in [5, 5.41) is 136. The lowest BCUT2D eigenvalue weighted by atomic mass is 9.98. The van der Waals surface area contributed by atoms with Crippen LogP contribution in [0.25, 0.3) is 21.1 Å². The highest BCUT2D eigenvalue weighted by molar-refractivity contribution is 7.90. The number of anilines is 1. The van der Waals surface area contributed by atoms with Crippen molar-refractivity contribution < 1.29 is 103 Å². The smallest absolute Gasteiger partial charge is 0.261 e. The van der Waals surface area contributed by atoms with Gasteiger partial charge >= 0.3 is 0 Å². The number of carbonyl (C=O) groups is 7. The zero-order chi connectivity index (χ0) is 70.0. The molecule has 3 aromatic carbocycles. The number of nitrogens with zero attached hydrogens (tertiary/aromatic N) is 5. The maximum Gasteiger partial charge on any atom is 0.261 e. The summed E-state index contributed by atoms with van der Waals surface area (Å²) in [5.74, 6) is -9.61. The third-order valence-electron chi connectivity index (χ3n) is 17.6. The van der Waals surface area contributed by atoms with Gasteiger partial charge in [-0.2, -0.15) is 0 Å². The molecule has 4 aliphatic heterocycles. The predicted octanol–water partition coefficient (Wildman–Crippen LogP) is -1.60.